The first-order chi connectivity index (χ1) is 9.74. The van der Waals surface area contributed by atoms with Gasteiger partial charge in [-0.15, -0.1) is 0 Å². The molecular formula is C16H14F2N2. The summed E-state index contributed by atoms with van der Waals surface area (Å²) in [6.45, 7) is 4.00. The summed E-state index contributed by atoms with van der Waals surface area (Å²) in [5.41, 5.74) is 3.42. The van der Waals surface area contributed by atoms with Crippen LogP contribution in [0.4, 0.5) is 8.78 Å². The predicted octanol–water partition coefficient (Wildman–Crippen LogP) is 4.88. The first kappa shape index (κ1) is 12.7. The minimum absolute atomic E-state index is 0.668. The van der Waals surface area contributed by atoms with Gasteiger partial charge in [-0.25, -0.2) is 8.78 Å². The van der Waals surface area contributed by atoms with Crippen molar-refractivity contribution in [3.63, 3.8) is 0 Å². The fourth-order valence-corrected chi connectivity index (χ4v) is 2.47. The Bertz CT molecular complexity index is 903. The molecule has 2 aromatic carbocycles. The van der Waals surface area contributed by atoms with Gasteiger partial charge in [-0.05, 0) is 24.3 Å². The number of halogens is 2. The zero-order valence-corrected chi connectivity index (χ0v) is 11.2. The second-order valence-corrected chi connectivity index (χ2v) is 4.33. The molecular weight excluding hydrogens is 258 g/mol. The van der Waals surface area contributed by atoms with Crippen LogP contribution < -0.4 is 0 Å². The summed E-state index contributed by atoms with van der Waals surface area (Å²) < 4.78 is 28.5. The van der Waals surface area contributed by atoms with Crippen LogP contribution in [0.5, 0.6) is 0 Å². The SMILES string of the molecule is CC.Fc1cc2cc3[nH]c4ccccc4n3c2cc1F. The number of H-pyrrole nitrogens is 1. The van der Waals surface area contributed by atoms with E-state index in [9.17, 15) is 8.78 Å². The van der Waals surface area contributed by atoms with Crippen molar-refractivity contribution in [1.29, 1.82) is 0 Å². The molecule has 0 aliphatic carbocycles. The number of para-hydroxylation sites is 2. The Morgan fingerprint density at radius 1 is 0.900 bits per heavy atom. The third kappa shape index (κ3) is 1.68. The molecule has 0 amide bonds. The second-order valence-electron chi connectivity index (χ2n) is 4.33. The number of hydrogen-bond donors (Lipinski definition) is 1. The van der Waals surface area contributed by atoms with E-state index < -0.39 is 11.6 Å². The lowest BCUT2D eigenvalue weighted by atomic mass is 10.2. The fourth-order valence-electron chi connectivity index (χ4n) is 2.47. The third-order valence-corrected chi connectivity index (χ3v) is 3.25. The Morgan fingerprint density at radius 3 is 2.40 bits per heavy atom. The van der Waals surface area contributed by atoms with Gasteiger partial charge < -0.3 is 4.98 Å². The summed E-state index contributed by atoms with van der Waals surface area (Å²) in [6, 6.07) is 12.0. The van der Waals surface area contributed by atoms with Crippen molar-refractivity contribution < 1.29 is 8.78 Å². The first-order valence-electron chi connectivity index (χ1n) is 6.61. The molecule has 20 heavy (non-hydrogen) atoms. The number of aromatic nitrogens is 2. The highest BCUT2D eigenvalue weighted by molar-refractivity contribution is 5.94. The highest BCUT2D eigenvalue weighted by Gasteiger charge is 2.11. The molecule has 102 valence electrons. The number of imidazole rings is 1. The molecule has 0 radical (unpaired) electrons. The Balaban J connectivity index is 0.000000581. The molecule has 0 atom stereocenters. The molecule has 0 saturated heterocycles. The summed E-state index contributed by atoms with van der Waals surface area (Å²) in [5, 5.41) is 0.686. The van der Waals surface area contributed by atoms with E-state index in [4.69, 9.17) is 0 Å². The number of nitrogens with zero attached hydrogens (tertiary/aromatic N) is 1. The van der Waals surface area contributed by atoms with Gasteiger partial charge in [-0.2, -0.15) is 0 Å². The minimum Gasteiger partial charge on any atom is -0.340 e. The molecule has 2 nitrogen and oxygen atoms in total. The highest BCUT2D eigenvalue weighted by atomic mass is 19.2. The lowest BCUT2D eigenvalue weighted by Gasteiger charge is -1.97. The molecule has 4 heteroatoms. The summed E-state index contributed by atoms with van der Waals surface area (Å²) in [5.74, 6) is -1.65. The second kappa shape index (κ2) is 4.63. The normalized spacial score (nSPS) is 11.0. The molecule has 1 N–H and O–H groups in total. The molecule has 2 aromatic heterocycles. The molecule has 0 unspecified atom stereocenters. The standard InChI is InChI=1S/C14H8F2N2.C2H6/c15-9-5-8-6-14-17-11-3-1-2-4-12(11)18(14)13(8)7-10(9)16;1-2/h1-7,17H;1-2H3. The average Bonchev–Trinajstić information content (AvgIpc) is 2.98. The van der Waals surface area contributed by atoms with E-state index in [1.165, 1.54) is 12.1 Å². The van der Waals surface area contributed by atoms with Gasteiger partial charge in [0, 0.05) is 11.5 Å². The van der Waals surface area contributed by atoms with E-state index in [0.29, 0.717) is 10.9 Å². The molecule has 0 aliphatic heterocycles. The van der Waals surface area contributed by atoms with Crippen molar-refractivity contribution in [1.82, 2.24) is 9.38 Å². The van der Waals surface area contributed by atoms with Crippen molar-refractivity contribution in [3.8, 4) is 0 Å². The number of fused-ring (bicyclic) bond motifs is 5. The molecule has 2 heterocycles. The van der Waals surface area contributed by atoms with Crippen molar-refractivity contribution in [2.24, 2.45) is 0 Å². The number of rotatable bonds is 0. The van der Waals surface area contributed by atoms with Gasteiger partial charge in [0.15, 0.2) is 11.6 Å². The van der Waals surface area contributed by atoms with Gasteiger partial charge in [-0.1, -0.05) is 26.0 Å². The molecule has 0 fully saturated rings. The van der Waals surface area contributed by atoms with Crippen LogP contribution in [0.25, 0.3) is 27.6 Å². The number of nitrogens with one attached hydrogen (secondary N) is 1. The van der Waals surface area contributed by atoms with Crippen LogP contribution in [0.3, 0.4) is 0 Å². The topological polar surface area (TPSA) is 20.2 Å². The molecule has 4 rings (SSSR count). The maximum atomic E-state index is 13.4. The van der Waals surface area contributed by atoms with Gasteiger partial charge in [0.05, 0.1) is 16.6 Å². The third-order valence-electron chi connectivity index (χ3n) is 3.25. The van der Waals surface area contributed by atoms with Gasteiger partial charge in [0.2, 0.25) is 0 Å². The zero-order chi connectivity index (χ0) is 14.3. The van der Waals surface area contributed by atoms with Crippen LogP contribution in [0.1, 0.15) is 13.8 Å². The number of benzene rings is 2. The quantitative estimate of drug-likeness (QED) is 0.471. The molecule has 0 aliphatic rings. The first-order valence-corrected chi connectivity index (χ1v) is 6.61. The van der Waals surface area contributed by atoms with Crippen LogP contribution in [-0.4, -0.2) is 9.38 Å². The summed E-state index contributed by atoms with van der Waals surface area (Å²) in [6.07, 6.45) is 0. The summed E-state index contributed by atoms with van der Waals surface area (Å²) >= 11 is 0. The highest BCUT2D eigenvalue weighted by Crippen LogP contribution is 2.27. The number of aromatic amines is 1. The van der Waals surface area contributed by atoms with Crippen LogP contribution in [-0.2, 0) is 0 Å². The van der Waals surface area contributed by atoms with E-state index in [-0.39, 0.29) is 0 Å². The maximum Gasteiger partial charge on any atom is 0.160 e. The van der Waals surface area contributed by atoms with Gasteiger partial charge in [0.1, 0.15) is 5.65 Å². The van der Waals surface area contributed by atoms with E-state index in [2.05, 4.69) is 4.98 Å². The largest absolute Gasteiger partial charge is 0.340 e. The van der Waals surface area contributed by atoms with Crippen LogP contribution >= 0.6 is 0 Å². The van der Waals surface area contributed by atoms with Crippen LogP contribution in [0, 0.1) is 11.6 Å². The van der Waals surface area contributed by atoms with Crippen molar-refractivity contribution >= 4 is 27.6 Å². The van der Waals surface area contributed by atoms with Crippen LogP contribution in [0.2, 0.25) is 0 Å². The minimum atomic E-state index is -0.826. The Kier molecular flexibility index (Phi) is 2.93. The lowest BCUT2D eigenvalue weighted by molar-refractivity contribution is 0.511. The zero-order valence-electron chi connectivity index (χ0n) is 11.2. The molecule has 0 saturated carbocycles. The van der Waals surface area contributed by atoms with Gasteiger partial charge in [0.25, 0.3) is 0 Å². The van der Waals surface area contributed by atoms with Gasteiger partial charge >= 0.3 is 0 Å². The van der Waals surface area contributed by atoms with E-state index >= 15 is 0 Å². The number of hydrogen-bond acceptors (Lipinski definition) is 0. The average molecular weight is 272 g/mol. The molecule has 0 bridgehead atoms. The smallest absolute Gasteiger partial charge is 0.160 e. The summed E-state index contributed by atoms with van der Waals surface area (Å²) in [4.78, 5) is 3.22. The van der Waals surface area contributed by atoms with Crippen LogP contribution in [0.15, 0.2) is 42.5 Å². The summed E-state index contributed by atoms with van der Waals surface area (Å²) in [7, 11) is 0. The Hall–Kier alpha value is -2.36. The fraction of sp³-hybridized carbons (Fsp3) is 0.125. The monoisotopic (exact) mass is 272 g/mol. The molecule has 4 aromatic rings. The predicted molar refractivity (Wildman–Crippen MR) is 78.0 cm³/mol. The van der Waals surface area contributed by atoms with Crippen molar-refractivity contribution in [3.05, 3.63) is 54.1 Å². The maximum absolute atomic E-state index is 13.4. The van der Waals surface area contributed by atoms with E-state index in [0.717, 1.165) is 16.7 Å². The Labute approximate surface area is 114 Å². The van der Waals surface area contributed by atoms with Crippen molar-refractivity contribution in [2.45, 2.75) is 13.8 Å². The van der Waals surface area contributed by atoms with Crippen molar-refractivity contribution in [2.75, 3.05) is 0 Å². The van der Waals surface area contributed by atoms with Gasteiger partial charge in [-0.3, -0.25) is 4.40 Å². The lowest BCUT2D eigenvalue weighted by Crippen LogP contribution is -1.85. The van der Waals surface area contributed by atoms with E-state index in [1.807, 2.05) is 48.6 Å². The molecule has 0 spiro atoms. The Morgan fingerprint density at radius 2 is 1.60 bits per heavy atom. The van der Waals surface area contributed by atoms with E-state index in [1.54, 1.807) is 0 Å².